The maximum absolute atomic E-state index is 11.8. The van der Waals surface area contributed by atoms with Crippen LogP contribution in [0.25, 0.3) is 0 Å². The number of halogens is 1. The van der Waals surface area contributed by atoms with Gasteiger partial charge in [-0.25, -0.2) is 0 Å². The normalized spacial score (nSPS) is 27.5. The number of rotatable bonds is 5. The summed E-state index contributed by atoms with van der Waals surface area (Å²) in [6.45, 7) is 9.88. The van der Waals surface area contributed by atoms with Crippen LogP contribution < -0.4 is 5.73 Å². The molecule has 0 aliphatic carbocycles. The number of hydrogen-bond donors (Lipinski definition) is 1. The zero-order valence-electron chi connectivity index (χ0n) is 14.0. The third kappa shape index (κ3) is 6.03. The second kappa shape index (κ2) is 9.71. The zero-order chi connectivity index (χ0) is 15.2. The number of nitrogens with zero attached hydrogens (tertiary/aromatic N) is 2. The lowest BCUT2D eigenvalue weighted by Crippen LogP contribution is -2.46. The van der Waals surface area contributed by atoms with E-state index < -0.39 is 0 Å². The molecule has 2 unspecified atom stereocenters. The van der Waals surface area contributed by atoms with Crippen LogP contribution in [-0.2, 0) is 9.53 Å². The van der Waals surface area contributed by atoms with Gasteiger partial charge < -0.3 is 15.4 Å². The van der Waals surface area contributed by atoms with Crippen LogP contribution in [0.1, 0.15) is 39.5 Å². The molecule has 6 heteroatoms. The topological polar surface area (TPSA) is 58.8 Å². The molecule has 0 aromatic carbocycles. The van der Waals surface area contributed by atoms with E-state index in [2.05, 4.69) is 18.7 Å². The molecule has 2 aliphatic heterocycles. The molecule has 0 saturated carbocycles. The first kappa shape index (κ1) is 19.7. The molecule has 22 heavy (non-hydrogen) atoms. The summed E-state index contributed by atoms with van der Waals surface area (Å²) in [6, 6.07) is 0. The van der Waals surface area contributed by atoms with Gasteiger partial charge in [0.05, 0.1) is 12.2 Å². The van der Waals surface area contributed by atoms with Gasteiger partial charge in [0.2, 0.25) is 5.91 Å². The summed E-state index contributed by atoms with van der Waals surface area (Å²) in [6.07, 6.45) is 4.73. The van der Waals surface area contributed by atoms with Crippen molar-refractivity contribution in [3.63, 3.8) is 0 Å². The second-order valence-electron chi connectivity index (χ2n) is 6.67. The van der Waals surface area contributed by atoms with E-state index in [9.17, 15) is 4.79 Å². The summed E-state index contributed by atoms with van der Waals surface area (Å²) in [4.78, 5) is 16.3. The van der Waals surface area contributed by atoms with Crippen molar-refractivity contribution >= 4 is 18.3 Å². The highest BCUT2D eigenvalue weighted by Crippen LogP contribution is 2.22. The van der Waals surface area contributed by atoms with Gasteiger partial charge in [0.1, 0.15) is 0 Å². The van der Waals surface area contributed by atoms with Crippen LogP contribution >= 0.6 is 12.4 Å². The van der Waals surface area contributed by atoms with Crippen LogP contribution in [0.5, 0.6) is 0 Å². The predicted octanol–water partition coefficient (Wildman–Crippen LogP) is 1.49. The van der Waals surface area contributed by atoms with E-state index >= 15 is 0 Å². The summed E-state index contributed by atoms with van der Waals surface area (Å²) in [5.41, 5.74) is 5.45. The summed E-state index contributed by atoms with van der Waals surface area (Å²) in [5.74, 6) is 0.993. The molecule has 2 rings (SSSR count). The number of amides is 1. The molecule has 2 aliphatic rings. The van der Waals surface area contributed by atoms with Crippen LogP contribution in [0, 0.1) is 5.92 Å². The van der Waals surface area contributed by atoms with E-state index in [1.165, 1.54) is 13.0 Å². The van der Waals surface area contributed by atoms with Gasteiger partial charge in [0.15, 0.2) is 0 Å². The van der Waals surface area contributed by atoms with Gasteiger partial charge in [0.25, 0.3) is 0 Å². The monoisotopic (exact) mass is 333 g/mol. The molecule has 2 saturated heterocycles. The molecule has 0 bridgehead atoms. The largest absolute Gasteiger partial charge is 0.373 e. The molecule has 2 N–H and O–H groups in total. The first-order valence-electron chi connectivity index (χ1n) is 8.44. The maximum Gasteiger partial charge on any atom is 0.223 e. The Morgan fingerprint density at radius 2 is 1.77 bits per heavy atom. The minimum Gasteiger partial charge on any atom is -0.373 e. The number of nitrogens with two attached hydrogens (primary N) is 1. The first-order valence-corrected chi connectivity index (χ1v) is 8.44. The maximum atomic E-state index is 11.8. The Labute approximate surface area is 140 Å². The number of likely N-dealkylation sites (tertiary alicyclic amines) is 1. The molecule has 0 radical (unpaired) electrons. The Kier molecular flexibility index (Phi) is 8.69. The molecule has 0 spiro atoms. The van der Waals surface area contributed by atoms with Gasteiger partial charge in [-0.1, -0.05) is 0 Å². The first-order chi connectivity index (χ1) is 10.1. The molecule has 1 amide bonds. The SMILES string of the molecule is CC1CN(CCC2CCN(C(=O)CCN)CC2)CC(C)O1.Cl. The summed E-state index contributed by atoms with van der Waals surface area (Å²) >= 11 is 0. The number of piperidine rings is 1. The molecule has 2 atom stereocenters. The van der Waals surface area contributed by atoms with Gasteiger partial charge in [-0.2, -0.15) is 0 Å². The summed E-state index contributed by atoms with van der Waals surface area (Å²) in [5, 5.41) is 0. The highest BCUT2D eigenvalue weighted by Gasteiger charge is 2.25. The smallest absolute Gasteiger partial charge is 0.223 e. The lowest BCUT2D eigenvalue weighted by Gasteiger charge is -2.37. The van der Waals surface area contributed by atoms with Gasteiger partial charge in [-0.15, -0.1) is 12.4 Å². The van der Waals surface area contributed by atoms with Crippen molar-refractivity contribution in [2.45, 2.75) is 51.7 Å². The lowest BCUT2D eigenvalue weighted by molar-refractivity contribution is -0.132. The van der Waals surface area contributed by atoms with E-state index in [4.69, 9.17) is 10.5 Å². The average molecular weight is 334 g/mol. The number of ether oxygens (including phenoxy) is 1. The van der Waals surface area contributed by atoms with Crippen molar-refractivity contribution in [3.8, 4) is 0 Å². The Hall–Kier alpha value is -0.360. The fourth-order valence-corrected chi connectivity index (χ4v) is 3.58. The van der Waals surface area contributed by atoms with Crippen LogP contribution in [0.3, 0.4) is 0 Å². The second-order valence-corrected chi connectivity index (χ2v) is 6.67. The number of carbonyl (C=O) groups excluding carboxylic acids is 1. The third-order valence-corrected chi connectivity index (χ3v) is 4.67. The standard InChI is InChI=1S/C16H31N3O2.ClH/c1-13-11-18(12-14(2)21-13)8-4-15-5-9-19(10-6-15)16(20)3-7-17;/h13-15H,3-12,17H2,1-2H3;1H. The van der Waals surface area contributed by atoms with E-state index in [-0.39, 0.29) is 18.3 Å². The quantitative estimate of drug-likeness (QED) is 0.828. The highest BCUT2D eigenvalue weighted by molar-refractivity contribution is 5.85. The van der Waals surface area contributed by atoms with Crippen molar-refractivity contribution < 1.29 is 9.53 Å². The van der Waals surface area contributed by atoms with E-state index in [0.29, 0.717) is 25.2 Å². The Bertz CT molecular complexity index is 325. The van der Waals surface area contributed by atoms with Crippen molar-refractivity contribution in [2.24, 2.45) is 11.7 Å². The minimum absolute atomic E-state index is 0. The van der Waals surface area contributed by atoms with Crippen LogP contribution in [0.4, 0.5) is 0 Å². The van der Waals surface area contributed by atoms with Crippen LogP contribution in [0.2, 0.25) is 0 Å². The molecule has 130 valence electrons. The molecule has 0 aromatic heterocycles. The van der Waals surface area contributed by atoms with Gasteiger partial charge in [0, 0.05) is 39.1 Å². The summed E-state index contributed by atoms with van der Waals surface area (Å²) in [7, 11) is 0. The number of morpholine rings is 1. The van der Waals surface area contributed by atoms with Crippen molar-refractivity contribution in [3.05, 3.63) is 0 Å². The van der Waals surface area contributed by atoms with Crippen molar-refractivity contribution in [1.82, 2.24) is 9.80 Å². The average Bonchev–Trinajstić information content (AvgIpc) is 2.45. The number of carbonyl (C=O) groups is 1. The third-order valence-electron chi connectivity index (χ3n) is 4.67. The highest BCUT2D eigenvalue weighted by atomic mass is 35.5. The van der Waals surface area contributed by atoms with Crippen LogP contribution in [0.15, 0.2) is 0 Å². The molecule has 2 fully saturated rings. The Balaban J connectivity index is 0.00000242. The van der Waals surface area contributed by atoms with Crippen molar-refractivity contribution in [1.29, 1.82) is 0 Å². The predicted molar refractivity (Wildman–Crippen MR) is 91.3 cm³/mol. The van der Waals surface area contributed by atoms with E-state index in [1.807, 2.05) is 4.90 Å². The van der Waals surface area contributed by atoms with E-state index in [0.717, 1.165) is 44.9 Å². The number of hydrogen-bond acceptors (Lipinski definition) is 4. The van der Waals surface area contributed by atoms with Gasteiger partial charge in [-0.3, -0.25) is 9.69 Å². The van der Waals surface area contributed by atoms with Gasteiger partial charge >= 0.3 is 0 Å². The molecular formula is C16H32ClN3O2. The molecule has 0 aromatic rings. The lowest BCUT2D eigenvalue weighted by atomic mass is 9.93. The van der Waals surface area contributed by atoms with E-state index in [1.54, 1.807) is 0 Å². The molecule has 5 nitrogen and oxygen atoms in total. The van der Waals surface area contributed by atoms with Gasteiger partial charge in [-0.05, 0) is 45.6 Å². The zero-order valence-corrected chi connectivity index (χ0v) is 14.8. The van der Waals surface area contributed by atoms with Crippen LogP contribution in [-0.4, -0.2) is 67.2 Å². The fraction of sp³-hybridized carbons (Fsp3) is 0.938. The Morgan fingerprint density at radius 1 is 1.18 bits per heavy atom. The Morgan fingerprint density at radius 3 is 2.32 bits per heavy atom. The van der Waals surface area contributed by atoms with Crippen molar-refractivity contribution in [2.75, 3.05) is 39.3 Å². The molecule has 2 heterocycles. The summed E-state index contributed by atoms with van der Waals surface area (Å²) < 4.78 is 5.78. The molecular weight excluding hydrogens is 302 g/mol. The fourth-order valence-electron chi connectivity index (χ4n) is 3.58. The minimum atomic E-state index is 0.